The Labute approximate surface area is 106 Å². The van der Waals surface area contributed by atoms with Crippen molar-refractivity contribution in [3.8, 4) is 0 Å². The topological polar surface area (TPSA) is 21.3 Å². The largest absolute Gasteiger partial charge is 0.375 e. The molecule has 1 aliphatic rings. The summed E-state index contributed by atoms with van der Waals surface area (Å²) in [6.07, 6.45) is 0.367. The molecule has 1 aromatic rings. The van der Waals surface area contributed by atoms with Crippen LogP contribution in [0.1, 0.15) is 5.56 Å². The van der Waals surface area contributed by atoms with Crippen LogP contribution in [0.4, 0.5) is 0 Å². The van der Waals surface area contributed by atoms with Crippen molar-refractivity contribution in [3.63, 3.8) is 0 Å². The maximum atomic E-state index is 5.83. The average molecular weight is 258 g/mol. The molecule has 1 saturated heterocycles. The lowest BCUT2D eigenvalue weighted by molar-refractivity contribution is 0.0441. The van der Waals surface area contributed by atoms with Crippen LogP contribution in [-0.2, 0) is 10.5 Å². The molecule has 0 aliphatic carbocycles. The molecule has 0 radical (unpaired) electrons. The number of morpholine rings is 1. The molecule has 2 nitrogen and oxygen atoms in total. The number of rotatable bonds is 4. The number of halogens is 1. The van der Waals surface area contributed by atoms with E-state index in [4.69, 9.17) is 16.3 Å². The Kier molecular flexibility index (Phi) is 4.97. The van der Waals surface area contributed by atoms with Crippen LogP contribution in [-0.4, -0.2) is 31.6 Å². The van der Waals surface area contributed by atoms with Crippen molar-refractivity contribution in [1.82, 2.24) is 5.32 Å². The van der Waals surface area contributed by atoms with Gasteiger partial charge in [0.05, 0.1) is 12.7 Å². The first-order chi connectivity index (χ1) is 7.84. The van der Waals surface area contributed by atoms with E-state index in [1.54, 1.807) is 0 Å². The number of hydrogen-bond acceptors (Lipinski definition) is 3. The number of nitrogens with one attached hydrogen (secondary N) is 1. The highest BCUT2D eigenvalue weighted by Crippen LogP contribution is 2.17. The van der Waals surface area contributed by atoms with Gasteiger partial charge in [0, 0.05) is 29.6 Å². The highest BCUT2D eigenvalue weighted by Gasteiger charge is 2.12. The molecule has 1 N–H and O–H groups in total. The zero-order valence-corrected chi connectivity index (χ0v) is 10.7. The minimum atomic E-state index is 0.367. The van der Waals surface area contributed by atoms with Crippen molar-refractivity contribution in [2.75, 3.05) is 25.4 Å². The number of benzene rings is 1. The van der Waals surface area contributed by atoms with Gasteiger partial charge in [0.15, 0.2) is 0 Å². The summed E-state index contributed by atoms with van der Waals surface area (Å²) in [7, 11) is 0. The van der Waals surface area contributed by atoms with Crippen LogP contribution < -0.4 is 5.32 Å². The molecule has 2 rings (SSSR count). The lowest BCUT2D eigenvalue weighted by atomic mass is 10.2. The van der Waals surface area contributed by atoms with E-state index < -0.39 is 0 Å². The van der Waals surface area contributed by atoms with Crippen LogP contribution in [0.3, 0.4) is 0 Å². The molecule has 1 heterocycles. The quantitative estimate of drug-likeness (QED) is 0.896. The van der Waals surface area contributed by atoms with Crippen LogP contribution in [0.5, 0.6) is 0 Å². The Bertz CT molecular complexity index is 311. The van der Waals surface area contributed by atoms with Crippen molar-refractivity contribution in [2.24, 2.45) is 0 Å². The monoisotopic (exact) mass is 257 g/mol. The van der Waals surface area contributed by atoms with Gasteiger partial charge in [0.1, 0.15) is 0 Å². The molecule has 1 atom stereocenters. The van der Waals surface area contributed by atoms with Gasteiger partial charge in [-0.1, -0.05) is 23.7 Å². The molecule has 88 valence electrons. The van der Waals surface area contributed by atoms with Crippen molar-refractivity contribution in [1.29, 1.82) is 0 Å². The maximum Gasteiger partial charge on any atom is 0.0790 e. The van der Waals surface area contributed by atoms with E-state index in [1.165, 1.54) is 5.56 Å². The maximum absolute atomic E-state index is 5.83. The highest BCUT2D eigenvalue weighted by molar-refractivity contribution is 7.98. The third-order valence-corrected chi connectivity index (χ3v) is 3.89. The lowest BCUT2D eigenvalue weighted by Gasteiger charge is -2.23. The van der Waals surface area contributed by atoms with Gasteiger partial charge >= 0.3 is 0 Å². The molecular weight excluding hydrogens is 242 g/mol. The smallest absolute Gasteiger partial charge is 0.0790 e. The first-order valence-electron chi connectivity index (χ1n) is 5.49. The van der Waals surface area contributed by atoms with Gasteiger partial charge < -0.3 is 10.1 Å². The molecular formula is C12H16ClNOS. The second-order valence-corrected chi connectivity index (χ2v) is 5.31. The van der Waals surface area contributed by atoms with E-state index >= 15 is 0 Å². The SMILES string of the molecule is Clc1ccc(CSCC2CNCCO2)cc1. The Hall–Kier alpha value is -0.220. The van der Waals surface area contributed by atoms with Gasteiger partial charge in [-0.3, -0.25) is 0 Å². The third kappa shape index (κ3) is 3.98. The molecule has 0 saturated carbocycles. The Balaban J connectivity index is 1.69. The van der Waals surface area contributed by atoms with E-state index in [0.29, 0.717) is 6.10 Å². The van der Waals surface area contributed by atoms with E-state index in [1.807, 2.05) is 23.9 Å². The predicted molar refractivity (Wildman–Crippen MR) is 70.2 cm³/mol. The molecule has 4 heteroatoms. The Morgan fingerprint density at radius 2 is 2.19 bits per heavy atom. The molecule has 0 bridgehead atoms. The van der Waals surface area contributed by atoms with Crippen molar-refractivity contribution in [3.05, 3.63) is 34.9 Å². The molecule has 1 aromatic carbocycles. The second-order valence-electron chi connectivity index (χ2n) is 3.84. The van der Waals surface area contributed by atoms with Gasteiger partial charge in [0.2, 0.25) is 0 Å². The standard InChI is InChI=1S/C12H16ClNOS/c13-11-3-1-10(2-4-11)8-16-9-12-7-14-5-6-15-12/h1-4,12,14H,5-9H2. The zero-order valence-electron chi connectivity index (χ0n) is 9.12. The first-order valence-corrected chi connectivity index (χ1v) is 7.02. The van der Waals surface area contributed by atoms with Gasteiger partial charge in [0.25, 0.3) is 0 Å². The van der Waals surface area contributed by atoms with Crippen LogP contribution in [0.15, 0.2) is 24.3 Å². The summed E-state index contributed by atoms with van der Waals surface area (Å²) in [6, 6.07) is 8.04. The summed E-state index contributed by atoms with van der Waals surface area (Å²) in [4.78, 5) is 0. The van der Waals surface area contributed by atoms with E-state index in [9.17, 15) is 0 Å². The summed E-state index contributed by atoms with van der Waals surface area (Å²) < 4.78 is 5.63. The summed E-state index contributed by atoms with van der Waals surface area (Å²) >= 11 is 7.74. The van der Waals surface area contributed by atoms with Crippen molar-refractivity contribution in [2.45, 2.75) is 11.9 Å². The number of hydrogen-bond donors (Lipinski definition) is 1. The van der Waals surface area contributed by atoms with Crippen LogP contribution in [0, 0.1) is 0 Å². The normalized spacial score (nSPS) is 20.9. The summed E-state index contributed by atoms with van der Waals surface area (Å²) in [6.45, 7) is 2.80. The summed E-state index contributed by atoms with van der Waals surface area (Å²) in [5.41, 5.74) is 1.32. The Morgan fingerprint density at radius 3 is 2.88 bits per heavy atom. The fraction of sp³-hybridized carbons (Fsp3) is 0.500. The van der Waals surface area contributed by atoms with Crippen LogP contribution in [0.2, 0.25) is 5.02 Å². The van der Waals surface area contributed by atoms with E-state index in [0.717, 1.165) is 36.2 Å². The fourth-order valence-corrected chi connectivity index (χ4v) is 2.76. The average Bonchev–Trinajstić information content (AvgIpc) is 2.33. The Morgan fingerprint density at radius 1 is 1.38 bits per heavy atom. The van der Waals surface area contributed by atoms with Crippen molar-refractivity contribution < 1.29 is 4.74 Å². The molecule has 1 aliphatic heterocycles. The predicted octanol–water partition coefficient (Wildman–Crippen LogP) is 2.56. The van der Waals surface area contributed by atoms with E-state index in [2.05, 4.69) is 17.4 Å². The minimum Gasteiger partial charge on any atom is -0.375 e. The van der Waals surface area contributed by atoms with E-state index in [-0.39, 0.29) is 0 Å². The molecule has 1 unspecified atom stereocenters. The number of ether oxygens (including phenoxy) is 1. The van der Waals surface area contributed by atoms with Crippen molar-refractivity contribution >= 4 is 23.4 Å². The van der Waals surface area contributed by atoms with Gasteiger partial charge in [-0.15, -0.1) is 0 Å². The zero-order chi connectivity index (χ0) is 11.2. The fourth-order valence-electron chi connectivity index (χ4n) is 1.62. The molecule has 0 spiro atoms. The summed E-state index contributed by atoms with van der Waals surface area (Å²) in [5, 5.41) is 4.13. The molecule has 0 aromatic heterocycles. The van der Waals surface area contributed by atoms with Gasteiger partial charge in [-0.2, -0.15) is 11.8 Å². The molecule has 0 amide bonds. The third-order valence-electron chi connectivity index (χ3n) is 2.49. The van der Waals surface area contributed by atoms with Gasteiger partial charge in [-0.05, 0) is 17.7 Å². The molecule has 16 heavy (non-hydrogen) atoms. The lowest BCUT2D eigenvalue weighted by Crippen LogP contribution is -2.39. The van der Waals surface area contributed by atoms with Crippen LogP contribution in [0.25, 0.3) is 0 Å². The number of thioether (sulfide) groups is 1. The molecule has 1 fully saturated rings. The highest BCUT2D eigenvalue weighted by atomic mass is 35.5. The van der Waals surface area contributed by atoms with Gasteiger partial charge in [-0.25, -0.2) is 0 Å². The first kappa shape index (κ1) is 12.2. The minimum absolute atomic E-state index is 0.367. The van der Waals surface area contributed by atoms with Crippen LogP contribution >= 0.6 is 23.4 Å². The second kappa shape index (κ2) is 6.50. The summed E-state index contributed by atoms with van der Waals surface area (Å²) in [5.74, 6) is 2.08.